The van der Waals surface area contributed by atoms with E-state index in [1.54, 1.807) is 17.7 Å². The minimum absolute atomic E-state index is 0.0982. The Kier molecular flexibility index (Phi) is 3.60. The monoisotopic (exact) mass is 391 g/mol. The standard InChI is InChI=1S/C20H13N3O2S2/c1-23-14-8-4-2-6-11(14)17-12(19(23)25)10-16(26-17)18(24)22-20-21-13-7-3-5-9-15(13)27-20/h2-10H,1H3,(H,21,22,24). The fourth-order valence-corrected chi connectivity index (χ4v) is 5.13. The van der Waals surface area contributed by atoms with Crippen molar-refractivity contribution in [2.45, 2.75) is 0 Å². The zero-order chi connectivity index (χ0) is 18.5. The molecule has 0 atom stereocenters. The molecule has 0 bridgehead atoms. The van der Waals surface area contributed by atoms with Crippen LogP contribution < -0.4 is 10.9 Å². The number of nitrogens with one attached hydrogen (secondary N) is 1. The third-order valence-corrected chi connectivity index (χ3v) is 6.63. The predicted molar refractivity (Wildman–Crippen MR) is 112 cm³/mol. The van der Waals surface area contributed by atoms with Crippen molar-refractivity contribution in [1.29, 1.82) is 0 Å². The third-order valence-electron chi connectivity index (χ3n) is 4.52. The number of pyridine rings is 1. The number of thiazole rings is 1. The van der Waals surface area contributed by atoms with Crippen LogP contribution >= 0.6 is 22.7 Å². The van der Waals surface area contributed by atoms with Crippen LogP contribution in [0.1, 0.15) is 9.67 Å². The van der Waals surface area contributed by atoms with E-state index in [0.29, 0.717) is 15.4 Å². The lowest BCUT2D eigenvalue weighted by Gasteiger charge is -2.05. The SMILES string of the molecule is Cn1c(=O)c2cc(C(=O)Nc3nc4ccccc4s3)sc2c2ccccc21. The van der Waals surface area contributed by atoms with Crippen LogP contribution in [0.3, 0.4) is 0 Å². The van der Waals surface area contributed by atoms with Crippen molar-refractivity contribution in [2.75, 3.05) is 5.32 Å². The first-order valence-corrected chi connectivity index (χ1v) is 9.93. The zero-order valence-electron chi connectivity index (χ0n) is 14.2. The molecule has 0 saturated carbocycles. The second-order valence-electron chi connectivity index (χ2n) is 6.18. The molecule has 0 unspecified atom stereocenters. The molecule has 1 amide bonds. The average molecular weight is 391 g/mol. The highest BCUT2D eigenvalue weighted by atomic mass is 32.1. The fraction of sp³-hybridized carbons (Fsp3) is 0.0500. The van der Waals surface area contributed by atoms with Gasteiger partial charge >= 0.3 is 0 Å². The summed E-state index contributed by atoms with van der Waals surface area (Å²) in [5.74, 6) is -0.249. The minimum Gasteiger partial charge on any atom is -0.311 e. The Morgan fingerprint density at radius 1 is 1.04 bits per heavy atom. The highest BCUT2D eigenvalue weighted by Gasteiger charge is 2.17. The van der Waals surface area contributed by atoms with Gasteiger partial charge in [-0.3, -0.25) is 14.9 Å². The number of benzene rings is 2. The maximum Gasteiger partial charge on any atom is 0.267 e. The molecule has 2 aromatic carbocycles. The molecule has 0 aliphatic rings. The highest BCUT2D eigenvalue weighted by molar-refractivity contribution is 7.23. The van der Waals surface area contributed by atoms with E-state index in [2.05, 4.69) is 10.3 Å². The fourth-order valence-electron chi connectivity index (χ4n) is 3.19. The predicted octanol–water partition coefficient (Wildman–Crippen LogP) is 4.62. The van der Waals surface area contributed by atoms with Crippen LogP contribution in [0.25, 0.3) is 31.2 Å². The number of carbonyl (C=O) groups excluding carboxylic acids is 1. The number of para-hydroxylation sites is 2. The van der Waals surface area contributed by atoms with Crippen LogP contribution in [0.15, 0.2) is 59.4 Å². The summed E-state index contributed by atoms with van der Waals surface area (Å²) in [7, 11) is 1.75. The van der Waals surface area contributed by atoms with Crippen molar-refractivity contribution in [1.82, 2.24) is 9.55 Å². The molecule has 0 saturated heterocycles. The first-order chi connectivity index (χ1) is 13.1. The molecule has 0 spiro atoms. The van der Waals surface area contributed by atoms with E-state index < -0.39 is 0 Å². The molecular weight excluding hydrogens is 378 g/mol. The van der Waals surface area contributed by atoms with E-state index in [0.717, 1.165) is 25.8 Å². The Labute approximate surface area is 161 Å². The Morgan fingerprint density at radius 2 is 1.81 bits per heavy atom. The van der Waals surface area contributed by atoms with Gasteiger partial charge in [-0.15, -0.1) is 11.3 Å². The Hall–Kier alpha value is -3.03. The Balaban J connectivity index is 1.60. The van der Waals surface area contributed by atoms with Gasteiger partial charge in [-0.25, -0.2) is 4.98 Å². The molecule has 7 heteroatoms. The van der Waals surface area contributed by atoms with Gasteiger partial charge in [0.25, 0.3) is 11.5 Å². The van der Waals surface area contributed by atoms with Crippen LogP contribution in [-0.4, -0.2) is 15.5 Å². The smallest absolute Gasteiger partial charge is 0.267 e. The van der Waals surface area contributed by atoms with Gasteiger partial charge in [-0.2, -0.15) is 0 Å². The number of aromatic nitrogens is 2. The van der Waals surface area contributed by atoms with Crippen LogP contribution in [0.5, 0.6) is 0 Å². The van der Waals surface area contributed by atoms with Gasteiger partial charge in [0.1, 0.15) is 0 Å². The maximum atomic E-state index is 12.7. The molecule has 0 radical (unpaired) electrons. The largest absolute Gasteiger partial charge is 0.311 e. The number of amides is 1. The second-order valence-corrected chi connectivity index (χ2v) is 8.26. The van der Waals surface area contributed by atoms with E-state index in [1.165, 1.54) is 22.7 Å². The van der Waals surface area contributed by atoms with Crippen molar-refractivity contribution < 1.29 is 4.79 Å². The lowest BCUT2D eigenvalue weighted by molar-refractivity contribution is 0.103. The molecule has 0 aliphatic carbocycles. The number of aryl methyl sites for hydroxylation is 1. The minimum atomic E-state index is -0.249. The van der Waals surface area contributed by atoms with Gasteiger partial charge in [0.2, 0.25) is 0 Å². The van der Waals surface area contributed by atoms with Gasteiger partial charge in [-0.1, -0.05) is 41.7 Å². The first-order valence-electron chi connectivity index (χ1n) is 8.30. The summed E-state index contributed by atoms with van der Waals surface area (Å²) in [5.41, 5.74) is 1.61. The number of nitrogens with zero attached hydrogens (tertiary/aromatic N) is 2. The van der Waals surface area contributed by atoms with Crippen LogP contribution in [-0.2, 0) is 7.05 Å². The number of hydrogen-bond donors (Lipinski definition) is 1. The zero-order valence-corrected chi connectivity index (χ0v) is 15.9. The second kappa shape index (κ2) is 6.00. The number of carbonyl (C=O) groups is 1. The topological polar surface area (TPSA) is 64.0 Å². The molecule has 0 aliphatic heterocycles. The van der Waals surface area contributed by atoms with E-state index >= 15 is 0 Å². The molecule has 27 heavy (non-hydrogen) atoms. The van der Waals surface area contributed by atoms with Gasteiger partial charge in [-0.05, 0) is 24.3 Å². The van der Waals surface area contributed by atoms with Crippen LogP contribution in [0, 0.1) is 0 Å². The van der Waals surface area contributed by atoms with Crippen molar-refractivity contribution in [3.05, 3.63) is 69.8 Å². The molecule has 1 N–H and O–H groups in total. The Bertz CT molecular complexity index is 1380. The van der Waals surface area contributed by atoms with Crippen molar-refractivity contribution in [2.24, 2.45) is 7.05 Å². The first kappa shape index (κ1) is 16.2. The molecule has 0 fully saturated rings. The normalized spacial score (nSPS) is 11.4. The summed E-state index contributed by atoms with van der Waals surface area (Å²) < 4.78 is 3.48. The number of thiophene rings is 1. The summed E-state index contributed by atoms with van der Waals surface area (Å²) in [4.78, 5) is 30.4. The van der Waals surface area contributed by atoms with Gasteiger partial charge in [0.05, 0.1) is 26.0 Å². The quantitative estimate of drug-likeness (QED) is 0.478. The van der Waals surface area contributed by atoms with Gasteiger partial charge in [0, 0.05) is 17.1 Å². The molecule has 5 nitrogen and oxygen atoms in total. The molecule has 5 aromatic rings. The number of hydrogen-bond acceptors (Lipinski definition) is 5. The van der Waals surface area contributed by atoms with Gasteiger partial charge < -0.3 is 4.57 Å². The van der Waals surface area contributed by atoms with Crippen molar-refractivity contribution in [3.63, 3.8) is 0 Å². The van der Waals surface area contributed by atoms with E-state index in [4.69, 9.17) is 0 Å². The number of anilines is 1. The summed E-state index contributed by atoms with van der Waals surface area (Å²) in [6.45, 7) is 0. The van der Waals surface area contributed by atoms with Crippen molar-refractivity contribution >= 4 is 64.9 Å². The molecule has 3 heterocycles. The lowest BCUT2D eigenvalue weighted by atomic mass is 10.2. The van der Waals surface area contributed by atoms with Crippen LogP contribution in [0.2, 0.25) is 0 Å². The van der Waals surface area contributed by atoms with E-state index in [-0.39, 0.29) is 11.5 Å². The van der Waals surface area contributed by atoms with Crippen molar-refractivity contribution in [3.8, 4) is 0 Å². The summed E-state index contributed by atoms with van der Waals surface area (Å²) in [5, 5.41) is 4.95. The molecule has 132 valence electrons. The summed E-state index contributed by atoms with van der Waals surface area (Å²) in [6.07, 6.45) is 0. The Morgan fingerprint density at radius 3 is 2.67 bits per heavy atom. The van der Waals surface area contributed by atoms with E-state index in [9.17, 15) is 9.59 Å². The van der Waals surface area contributed by atoms with Crippen LogP contribution in [0.4, 0.5) is 5.13 Å². The number of fused-ring (bicyclic) bond motifs is 4. The molecule has 5 rings (SSSR count). The molecule has 3 aromatic heterocycles. The summed E-state index contributed by atoms with van der Waals surface area (Å²) in [6, 6.07) is 17.2. The average Bonchev–Trinajstić information content (AvgIpc) is 3.30. The maximum absolute atomic E-state index is 12.7. The summed E-state index contributed by atoms with van der Waals surface area (Å²) >= 11 is 2.77. The van der Waals surface area contributed by atoms with E-state index in [1.807, 2.05) is 48.5 Å². The lowest BCUT2D eigenvalue weighted by Crippen LogP contribution is -2.16. The third kappa shape index (κ3) is 2.55. The molecular formula is C20H13N3O2S2. The number of rotatable bonds is 2. The van der Waals surface area contributed by atoms with Gasteiger partial charge in [0.15, 0.2) is 5.13 Å². The highest BCUT2D eigenvalue weighted by Crippen LogP contribution is 2.31.